The van der Waals surface area contributed by atoms with Crippen molar-refractivity contribution in [3.05, 3.63) is 83.3 Å². The van der Waals surface area contributed by atoms with Crippen molar-refractivity contribution in [2.24, 2.45) is 0 Å². The molecule has 46 heavy (non-hydrogen) atoms. The van der Waals surface area contributed by atoms with Gasteiger partial charge in [0, 0.05) is 29.7 Å². The molecule has 1 aromatic heterocycles. The Morgan fingerprint density at radius 1 is 0.935 bits per heavy atom. The summed E-state index contributed by atoms with van der Waals surface area (Å²) in [7, 11) is 0. The molecule has 238 valence electrons. The second-order valence-electron chi connectivity index (χ2n) is 12.2. The van der Waals surface area contributed by atoms with Crippen LogP contribution in [0.25, 0.3) is 10.9 Å². The average Bonchev–Trinajstić information content (AvgIpc) is 3.39. The molecular weight excluding hydrogens is 585 g/mol. The predicted octanol–water partition coefficient (Wildman–Crippen LogP) is 6.58. The maximum absolute atomic E-state index is 14.2. The molecule has 3 aromatic carbocycles. The van der Waals surface area contributed by atoms with E-state index in [9.17, 15) is 18.8 Å². The highest BCUT2D eigenvalue weighted by Gasteiger charge is 2.23. The number of aromatic nitrogens is 2. The second kappa shape index (κ2) is 13.9. The molecule has 1 aliphatic rings. The summed E-state index contributed by atoms with van der Waals surface area (Å²) in [5, 5.41) is 11.1. The van der Waals surface area contributed by atoms with Crippen molar-refractivity contribution in [3.8, 4) is 11.8 Å². The van der Waals surface area contributed by atoms with Crippen LogP contribution in [-0.2, 0) is 22.5 Å². The summed E-state index contributed by atoms with van der Waals surface area (Å²) in [6.45, 7) is 8.99. The van der Waals surface area contributed by atoms with E-state index in [1.807, 2.05) is 30.3 Å². The molecule has 9 nitrogen and oxygen atoms in total. The molecule has 2 N–H and O–H groups in total. The Morgan fingerprint density at radius 3 is 2.41 bits per heavy atom. The number of carbonyl (C=O) groups excluding carboxylic acids is 3. The Kier molecular flexibility index (Phi) is 9.71. The third-order valence-electron chi connectivity index (χ3n) is 7.55. The quantitative estimate of drug-likeness (QED) is 0.170. The Hall–Kier alpha value is -5.17. The van der Waals surface area contributed by atoms with E-state index in [1.54, 1.807) is 44.5 Å². The molecule has 1 saturated heterocycles. The van der Waals surface area contributed by atoms with Gasteiger partial charge in [-0.25, -0.2) is 4.39 Å². The van der Waals surface area contributed by atoms with E-state index in [-0.39, 0.29) is 28.9 Å². The highest BCUT2D eigenvalue weighted by molar-refractivity contribution is 6.13. The molecule has 0 unspecified atom stereocenters. The highest BCUT2D eigenvalue weighted by Crippen LogP contribution is 2.31. The maximum Gasteiger partial charge on any atom is 0.310 e. The standard InChI is InChI=1S/C36H38FN5O4/c1-5-6-20-42-30-13-9-8-12-27(30)33(40-42)35(45)39-29-22-24(14-17-31(29)41-18-10-7-11-19-41)34(44)38-28-16-15-26(37)21-25(28)23-32(43)46-36(2,3)4/h8-9,12-17,21-22H,7,10-11,18-20,23H2,1-4H3,(H,38,44)(H,39,45). The lowest BCUT2D eigenvalue weighted by Gasteiger charge is -2.30. The van der Waals surface area contributed by atoms with Crippen molar-refractivity contribution in [1.82, 2.24) is 9.78 Å². The SMILES string of the molecule is CC#CCn1nc(C(=O)Nc2cc(C(=O)Nc3ccc(F)cc3CC(=O)OC(C)(C)C)ccc2N2CCCCC2)c2ccccc21. The number of anilines is 3. The lowest BCUT2D eigenvalue weighted by Crippen LogP contribution is -2.30. The minimum atomic E-state index is -0.710. The van der Waals surface area contributed by atoms with Crippen LogP contribution in [0.5, 0.6) is 0 Å². The minimum absolute atomic E-state index is 0.218. The number of carbonyl (C=O) groups is 3. The Labute approximate surface area is 268 Å². The number of ether oxygens (including phenoxy) is 1. The fourth-order valence-electron chi connectivity index (χ4n) is 5.50. The first kappa shape index (κ1) is 32.2. The normalized spacial score (nSPS) is 13.1. The van der Waals surface area contributed by atoms with Crippen LogP contribution in [0.2, 0.25) is 0 Å². The van der Waals surface area contributed by atoms with Gasteiger partial charge in [0.15, 0.2) is 5.69 Å². The lowest BCUT2D eigenvalue weighted by molar-refractivity contribution is -0.153. The van der Waals surface area contributed by atoms with Crippen molar-refractivity contribution in [3.63, 3.8) is 0 Å². The van der Waals surface area contributed by atoms with Crippen LogP contribution in [0.1, 0.15) is 73.4 Å². The molecule has 1 fully saturated rings. The second-order valence-corrected chi connectivity index (χ2v) is 12.2. The summed E-state index contributed by atoms with van der Waals surface area (Å²) < 4.78 is 21.3. The van der Waals surface area contributed by atoms with Crippen LogP contribution < -0.4 is 15.5 Å². The number of benzene rings is 3. The molecule has 0 spiro atoms. The molecular formula is C36H38FN5O4. The zero-order valence-corrected chi connectivity index (χ0v) is 26.6. The van der Waals surface area contributed by atoms with Crippen LogP contribution in [0, 0.1) is 17.7 Å². The maximum atomic E-state index is 14.2. The van der Waals surface area contributed by atoms with Crippen molar-refractivity contribution < 1.29 is 23.5 Å². The van der Waals surface area contributed by atoms with Gasteiger partial charge >= 0.3 is 5.97 Å². The summed E-state index contributed by atoms with van der Waals surface area (Å²) >= 11 is 0. The van der Waals surface area contributed by atoms with Gasteiger partial charge in [-0.2, -0.15) is 5.10 Å². The summed E-state index contributed by atoms with van der Waals surface area (Å²) in [6.07, 6.45) is 2.96. The van der Waals surface area contributed by atoms with Crippen molar-refractivity contribution in [2.75, 3.05) is 28.6 Å². The summed E-state index contributed by atoms with van der Waals surface area (Å²) in [5.41, 5.74) is 2.46. The number of nitrogens with zero attached hydrogens (tertiary/aromatic N) is 3. The summed E-state index contributed by atoms with van der Waals surface area (Å²) in [4.78, 5) is 42.1. The number of halogens is 1. The van der Waals surface area contributed by atoms with Gasteiger partial charge in [0.25, 0.3) is 11.8 Å². The van der Waals surface area contributed by atoms with Crippen LogP contribution in [0.3, 0.4) is 0 Å². The third-order valence-corrected chi connectivity index (χ3v) is 7.55. The van der Waals surface area contributed by atoms with Crippen LogP contribution in [-0.4, -0.2) is 46.3 Å². The molecule has 4 aromatic rings. The Balaban J connectivity index is 1.45. The smallest absolute Gasteiger partial charge is 0.310 e. The number of piperidine rings is 1. The molecule has 10 heteroatoms. The van der Waals surface area contributed by atoms with Gasteiger partial charge in [-0.3, -0.25) is 19.1 Å². The van der Waals surface area contributed by atoms with Gasteiger partial charge in [0.05, 0.1) is 23.3 Å². The fourth-order valence-corrected chi connectivity index (χ4v) is 5.50. The molecule has 2 amide bonds. The zero-order chi connectivity index (χ0) is 32.8. The van der Waals surface area contributed by atoms with E-state index < -0.39 is 29.2 Å². The van der Waals surface area contributed by atoms with Crippen LogP contribution >= 0.6 is 0 Å². The van der Waals surface area contributed by atoms with Gasteiger partial charge in [0.2, 0.25) is 0 Å². The number of hydrogen-bond donors (Lipinski definition) is 2. The Bertz CT molecular complexity index is 1840. The first-order valence-corrected chi connectivity index (χ1v) is 15.4. The van der Waals surface area contributed by atoms with E-state index >= 15 is 0 Å². The summed E-state index contributed by atoms with van der Waals surface area (Å²) in [6, 6.07) is 16.5. The molecule has 1 aliphatic heterocycles. The first-order chi connectivity index (χ1) is 22.0. The topological polar surface area (TPSA) is 106 Å². The number of fused-ring (bicyclic) bond motifs is 1. The number of amides is 2. The number of esters is 1. The monoisotopic (exact) mass is 623 g/mol. The molecule has 0 atom stereocenters. The van der Waals surface area contributed by atoms with Gasteiger partial charge in [-0.1, -0.05) is 24.1 Å². The molecule has 5 rings (SSSR count). The van der Waals surface area contributed by atoms with Crippen molar-refractivity contribution in [1.29, 1.82) is 0 Å². The van der Waals surface area contributed by atoms with Gasteiger partial charge in [0.1, 0.15) is 18.0 Å². The summed E-state index contributed by atoms with van der Waals surface area (Å²) in [5.74, 6) is 3.90. The predicted molar refractivity (Wildman–Crippen MR) is 178 cm³/mol. The average molecular weight is 624 g/mol. The molecule has 0 radical (unpaired) electrons. The molecule has 0 saturated carbocycles. The highest BCUT2D eigenvalue weighted by atomic mass is 19.1. The largest absolute Gasteiger partial charge is 0.460 e. The molecule has 0 bridgehead atoms. The van der Waals surface area contributed by atoms with Crippen molar-refractivity contribution in [2.45, 2.75) is 65.5 Å². The minimum Gasteiger partial charge on any atom is -0.460 e. The number of para-hydroxylation sites is 1. The van der Waals surface area contributed by atoms with E-state index in [0.717, 1.165) is 43.6 Å². The van der Waals surface area contributed by atoms with E-state index in [2.05, 4.69) is 32.5 Å². The van der Waals surface area contributed by atoms with E-state index in [1.165, 1.54) is 18.2 Å². The van der Waals surface area contributed by atoms with Gasteiger partial charge in [-0.05, 0) is 95.0 Å². The van der Waals surface area contributed by atoms with Crippen LogP contribution in [0.15, 0.2) is 60.7 Å². The Morgan fingerprint density at radius 2 is 1.67 bits per heavy atom. The fraction of sp³-hybridized carbons (Fsp3) is 0.333. The number of nitrogens with one attached hydrogen (secondary N) is 2. The number of hydrogen-bond acceptors (Lipinski definition) is 6. The first-order valence-electron chi connectivity index (χ1n) is 15.4. The lowest BCUT2D eigenvalue weighted by atomic mass is 10.1. The van der Waals surface area contributed by atoms with Gasteiger partial charge < -0.3 is 20.3 Å². The van der Waals surface area contributed by atoms with Crippen LogP contribution in [0.4, 0.5) is 21.5 Å². The van der Waals surface area contributed by atoms with Gasteiger partial charge in [-0.15, -0.1) is 5.92 Å². The zero-order valence-electron chi connectivity index (χ0n) is 26.6. The van der Waals surface area contributed by atoms with Crippen molar-refractivity contribution >= 4 is 45.7 Å². The molecule has 0 aliphatic carbocycles. The number of rotatable bonds is 8. The molecule has 2 heterocycles. The van der Waals surface area contributed by atoms with E-state index in [0.29, 0.717) is 17.6 Å². The van der Waals surface area contributed by atoms with E-state index in [4.69, 9.17) is 4.74 Å². The third kappa shape index (κ3) is 7.72.